The van der Waals surface area contributed by atoms with Gasteiger partial charge in [0.1, 0.15) is 23.9 Å². The van der Waals surface area contributed by atoms with E-state index in [1.807, 2.05) is 17.3 Å². The van der Waals surface area contributed by atoms with Crippen LogP contribution in [0.2, 0.25) is 0 Å². The molecule has 0 radical (unpaired) electrons. The van der Waals surface area contributed by atoms with Gasteiger partial charge in [-0.3, -0.25) is 9.88 Å². The standard InChI is InChI=1S/C31H37N3O4/c1-29-8-6-20-13-23-26(35)27(36)25(34-15-21(32)16-34)28(37)31(23)10-9-30(20,38-31)24(29)5-4-22(29)18-3-2-17-7-11-33-14-19(17)12-18/h2-3,6-7,11-14,21-22,24-28,35-37H,4-5,8-10,15-16,32H2,1H3/t22-,24-,25-,26?,27?,28?,29-,30?,31+/m1/s1. The van der Waals surface area contributed by atoms with Crippen LogP contribution in [0.4, 0.5) is 0 Å². The second kappa shape index (κ2) is 7.74. The molecule has 7 nitrogen and oxygen atoms in total. The van der Waals surface area contributed by atoms with E-state index in [1.54, 1.807) is 0 Å². The van der Waals surface area contributed by atoms with Crippen LogP contribution in [-0.4, -0.2) is 79.9 Å². The molecule has 2 bridgehead atoms. The lowest BCUT2D eigenvalue weighted by Crippen LogP contribution is -2.74. The van der Waals surface area contributed by atoms with E-state index >= 15 is 0 Å². The summed E-state index contributed by atoms with van der Waals surface area (Å²) in [6.07, 6.45) is 9.73. The second-order valence-corrected chi connectivity index (χ2v) is 13.1. The number of hydrogen-bond acceptors (Lipinski definition) is 7. The molecule has 1 aromatic carbocycles. The zero-order chi connectivity index (χ0) is 26.0. The molecular formula is C31H37N3O4. The Balaban J connectivity index is 1.19. The summed E-state index contributed by atoms with van der Waals surface area (Å²) in [4.78, 5) is 6.36. The van der Waals surface area contributed by atoms with Gasteiger partial charge in [-0.25, -0.2) is 0 Å². The zero-order valence-electron chi connectivity index (χ0n) is 21.8. The largest absolute Gasteiger partial charge is 0.388 e. The highest BCUT2D eigenvalue weighted by Crippen LogP contribution is 2.69. The third-order valence-electron chi connectivity index (χ3n) is 11.4. The van der Waals surface area contributed by atoms with Crippen LogP contribution in [0.3, 0.4) is 0 Å². The molecule has 4 fully saturated rings. The molecule has 9 atom stereocenters. The summed E-state index contributed by atoms with van der Waals surface area (Å²) in [7, 11) is 0. The molecule has 3 aliphatic carbocycles. The number of aliphatic hydroxyl groups is 3. The molecule has 4 unspecified atom stereocenters. The minimum atomic E-state index is -1.07. The third-order valence-corrected chi connectivity index (χ3v) is 11.4. The number of aromatic nitrogens is 1. The average molecular weight is 516 g/mol. The molecule has 1 aromatic heterocycles. The van der Waals surface area contributed by atoms with Crippen LogP contribution >= 0.6 is 0 Å². The summed E-state index contributed by atoms with van der Waals surface area (Å²) in [5, 5.41) is 36.6. The van der Waals surface area contributed by atoms with Crippen molar-refractivity contribution in [3.8, 4) is 0 Å². The van der Waals surface area contributed by atoms with E-state index in [1.165, 1.54) is 16.3 Å². The molecule has 4 heterocycles. The molecule has 0 amide bonds. The van der Waals surface area contributed by atoms with E-state index in [0.29, 0.717) is 36.9 Å². The first-order valence-corrected chi connectivity index (χ1v) is 14.3. The molecule has 7 heteroatoms. The first kappa shape index (κ1) is 23.7. The van der Waals surface area contributed by atoms with Gasteiger partial charge < -0.3 is 25.8 Å². The Bertz CT molecular complexity index is 1390. The minimum Gasteiger partial charge on any atom is -0.388 e. The van der Waals surface area contributed by atoms with Gasteiger partial charge >= 0.3 is 0 Å². The van der Waals surface area contributed by atoms with Gasteiger partial charge in [-0.1, -0.05) is 31.2 Å². The molecule has 2 saturated carbocycles. The summed E-state index contributed by atoms with van der Waals surface area (Å²) >= 11 is 0. The number of nitrogens with two attached hydrogens (primary N) is 1. The molecule has 5 N–H and O–H groups in total. The molecule has 3 aliphatic heterocycles. The van der Waals surface area contributed by atoms with Gasteiger partial charge in [-0.15, -0.1) is 0 Å². The number of fused-ring (bicyclic) bond motifs is 2. The number of rotatable bonds is 2. The number of hydrogen-bond donors (Lipinski definition) is 4. The van der Waals surface area contributed by atoms with Crippen LogP contribution < -0.4 is 5.73 Å². The lowest BCUT2D eigenvalue weighted by Gasteiger charge is -2.59. The Morgan fingerprint density at radius 3 is 2.68 bits per heavy atom. The monoisotopic (exact) mass is 515 g/mol. The quantitative estimate of drug-likeness (QED) is 0.486. The molecule has 2 spiro atoms. The Morgan fingerprint density at radius 1 is 1.05 bits per heavy atom. The van der Waals surface area contributed by atoms with Crippen molar-refractivity contribution in [2.24, 2.45) is 17.1 Å². The van der Waals surface area contributed by atoms with E-state index in [9.17, 15) is 15.3 Å². The van der Waals surface area contributed by atoms with Crippen LogP contribution in [-0.2, 0) is 4.74 Å². The van der Waals surface area contributed by atoms with Crippen molar-refractivity contribution >= 4 is 10.8 Å². The maximum atomic E-state index is 11.8. The van der Waals surface area contributed by atoms with E-state index in [4.69, 9.17) is 10.5 Å². The first-order chi connectivity index (χ1) is 18.3. The number of pyridine rings is 1. The van der Waals surface area contributed by atoms with Gasteiger partial charge in [0.2, 0.25) is 0 Å². The number of benzene rings is 1. The average Bonchev–Trinajstić information content (AvgIpc) is 3.43. The normalized spacial score (nSPS) is 46.1. The number of ether oxygens (including phenoxy) is 1. The van der Waals surface area contributed by atoms with Crippen molar-refractivity contribution in [1.82, 2.24) is 9.88 Å². The van der Waals surface area contributed by atoms with E-state index in [-0.39, 0.29) is 11.5 Å². The molecule has 2 aromatic rings. The van der Waals surface area contributed by atoms with Gasteiger partial charge in [0.25, 0.3) is 0 Å². The van der Waals surface area contributed by atoms with Gasteiger partial charge in [-0.2, -0.15) is 0 Å². The van der Waals surface area contributed by atoms with Crippen molar-refractivity contribution in [3.63, 3.8) is 0 Å². The lowest BCUT2D eigenvalue weighted by molar-refractivity contribution is -0.221. The van der Waals surface area contributed by atoms with Crippen molar-refractivity contribution in [1.29, 1.82) is 0 Å². The second-order valence-electron chi connectivity index (χ2n) is 13.1. The maximum absolute atomic E-state index is 11.8. The van der Waals surface area contributed by atoms with Gasteiger partial charge in [-0.05, 0) is 83.6 Å². The number of likely N-dealkylation sites (tertiary alicyclic amines) is 1. The molecule has 6 aliphatic rings. The fraction of sp³-hybridized carbons (Fsp3) is 0.581. The highest BCUT2D eigenvalue weighted by Gasteiger charge is 2.71. The Kier molecular flexibility index (Phi) is 4.84. The molecule has 2 saturated heterocycles. The topological polar surface area (TPSA) is 112 Å². The van der Waals surface area contributed by atoms with E-state index < -0.39 is 35.6 Å². The fourth-order valence-electron chi connectivity index (χ4n) is 9.53. The fourth-order valence-corrected chi connectivity index (χ4v) is 9.53. The van der Waals surface area contributed by atoms with E-state index in [0.717, 1.165) is 31.3 Å². The molecular weight excluding hydrogens is 478 g/mol. The Morgan fingerprint density at radius 2 is 1.87 bits per heavy atom. The Labute approximate surface area is 223 Å². The molecule has 200 valence electrons. The molecule has 38 heavy (non-hydrogen) atoms. The summed E-state index contributed by atoms with van der Waals surface area (Å²) in [5.41, 5.74) is 7.78. The summed E-state index contributed by atoms with van der Waals surface area (Å²) in [5.74, 6) is 0.725. The smallest absolute Gasteiger partial charge is 0.121 e. The summed E-state index contributed by atoms with van der Waals surface area (Å²) < 4.78 is 7.20. The van der Waals surface area contributed by atoms with Crippen molar-refractivity contribution < 1.29 is 20.1 Å². The van der Waals surface area contributed by atoms with Gasteiger partial charge in [0.15, 0.2) is 0 Å². The Hall–Kier alpha value is -2.13. The third kappa shape index (κ3) is 2.82. The summed E-state index contributed by atoms with van der Waals surface area (Å²) in [6.45, 7) is 3.65. The van der Waals surface area contributed by atoms with Crippen LogP contribution in [0, 0.1) is 11.3 Å². The van der Waals surface area contributed by atoms with Gasteiger partial charge in [0.05, 0.1) is 11.6 Å². The van der Waals surface area contributed by atoms with E-state index in [2.05, 4.69) is 48.3 Å². The number of aliphatic hydroxyl groups excluding tert-OH is 3. The van der Waals surface area contributed by atoms with Crippen molar-refractivity contribution in [3.05, 3.63) is 65.5 Å². The lowest BCUT2D eigenvalue weighted by atomic mass is 9.58. The van der Waals surface area contributed by atoms with Crippen LogP contribution in [0.1, 0.15) is 50.5 Å². The maximum Gasteiger partial charge on any atom is 0.121 e. The van der Waals surface area contributed by atoms with Crippen molar-refractivity contribution in [2.75, 3.05) is 13.1 Å². The van der Waals surface area contributed by atoms with Gasteiger partial charge in [0, 0.05) is 36.9 Å². The van der Waals surface area contributed by atoms with Crippen molar-refractivity contribution in [2.45, 2.75) is 86.5 Å². The molecule has 8 rings (SSSR count). The SMILES string of the molecule is C[C@]12CC=C3C=C4C(O)C(O)[C@@H](N5CC(N)C5)C(O)[C@]45CCC3(O5)[C@@H]1CC[C@@H]2c1ccc2ccncc2c1. The number of nitrogens with zero attached hydrogens (tertiary/aromatic N) is 2. The summed E-state index contributed by atoms with van der Waals surface area (Å²) in [6, 6.07) is 8.34. The minimum absolute atomic E-state index is 0.0254. The predicted molar refractivity (Wildman–Crippen MR) is 143 cm³/mol. The first-order valence-electron chi connectivity index (χ1n) is 14.3. The highest BCUT2D eigenvalue weighted by molar-refractivity contribution is 5.82. The predicted octanol–water partition coefficient (Wildman–Crippen LogP) is 2.40. The van der Waals surface area contributed by atoms with Crippen LogP contribution in [0.15, 0.2) is 60.0 Å². The van der Waals surface area contributed by atoms with Crippen LogP contribution in [0.5, 0.6) is 0 Å². The zero-order valence-corrected chi connectivity index (χ0v) is 21.8. The highest BCUT2D eigenvalue weighted by atomic mass is 16.5. The van der Waals surface area contributed by atoms with Crippen LogP contribution in [0.25, 0.3) is 10.8 Å². The number of allylic oxidation sites excluding steroid dienone is 1.